The number of amides is 4. The van der Waals surface area contributed by atoms with Crippen LogP contribution in [-0.4, -0.2) is 64.9 Å². The Balaban J connectivity index is 1.39. The van der Waals surface area contributed by atoms with Crippen LogP contribution in [0.5, 0.6) is 0 Å². The lowest BCUT2D eigenvalue weighted by molar-refractivity contribution is -0.136. The summed E-state index contributed by atoms with van der Waals surface area (Å²) in [6.07, 6.45) is 8.26. The number of hydrogen-bond acceptors (Lipinski definition) is 5. The maximum atomic E-state index is 12.9. The molecule has 3 heterocycles. The van der Waals surface area contributed by atoms with Gasteiger partial charge in [-0.25, -0.2) is 9.78 Å². The van der Waals surface area contributed by atoms with Gasteiger partial charge in [0.15, 0.2) is 0 Å². The van der Waals surface area contributed by atoms with E-state index in [1.54, 1.807) is 19.3 Å². The van der Waals surface area contributed by atoms with Crippen LogP contribution in [0.2, 0.25) is 0 Å². The van der Waals surface area contributed by atoms with Crippen LogP contribution in [0.3, 0.4) is 0 Å². The Morgan fingerprint density at radius 3 is 2.46 bits per heavy atom. The molecule has 2 saturated heterocycles. The highest BCUT2D eigenvalue weighted by atomic mass is 16.2. The van der Waals surface area contributed by atoms with Crippen molar-refractivity contribution in [3.63, 3.8) is 0 Å². The summed E-state index contributed by atoms with van der Waals surface area (Å²) in [6, 6.07) is 3.31. The van der Waals surface area contributed by atoms with Gasteiger partial charge in [0.1, 0.15) is 17.9 Å². The normalized spacial score (nSPS) is 21.7. The molecule has 1 aromatic heterocycles. The van der Waals surface area contributed by atoms with Crippen molar-refractivity contribution in [2.75, 3.05) is 36.9 Å². The lowest BCUT2D eigenvalue weighted by Crippen LogP contribution is -2.49. The zero-order valence-electron chi connectivity index (χ0n) is 16.3. The third-order valence-electron chi connectivity index (χ3n) is 6.25. The van der Waals surface area contributed by atoms with Crippen molar-refractivity contribution in [1.29, 1.82) is 0 Å². The number of hydrogen-bond donors (Lipinski definition) is 1. The summed E-state index contributed by atoms with van der Waals surface area (Å²) in [5, 5.41) is 2.75. The van der Waals surface area contributed by atoms with E-state index in [9.17, 15) is 14.4 Å². The van der Waals surface area contributed by atoms with Crippen LogP contribution < -0.4 is 10.2 Å². The fourth-order valence-electron chi connectivity index (χ4n) is 4.61. The van der Waals surface area contributed by atoms with Crippen molar-refractivity contribution < 1.29 is 14.4 Å². The van der Waals surface area contributed by atoms with Gasteiger partial charge in [-0.1, -0.05) is 19.3 Å². The van der Waals surface area contributed by atoms with Crippen molar-refractivity contribution >= 4 is 29.4 Å². The highest BCUT2D eigenvalue weighted by Gasteiger charge is 2.55. The Morgan fingerprint density at radius 1 is 1.11 bits per heavy atom. The first-order valence-electron chi connectivity index (χ1n) is 10.1. The molecule has 1 N–H and O–H groups in total. The molecule has 1 aromatic rings. The molecule has 3 aliphatic rings. The van der Waals surface area contributed by atoms with Crippen molar-refractivity contribution in [3.8, 4) is 0 Å². The van der Waals surface area contributed by atoms with Crippen molar-refractivity contribution in [2.45, 2.75) is 50.5 Å². The molecule has 150 valence electrons. The summed E-state index contributed by atoms with van der Waals surface area (Å²) in [4.78, 5) is 47.3. The predicted molar refractivity (Wildman–Crippen MR) is 105 cm³/mol. The second kappa shape index (κ2) is 7.41. The summed E-state index contributed by atoms with van der Waals surface area (Å²) in [5.74, 6) is 0.275. The first kappa shape index (κ1) is 18.7. The largest absolute Gasteiger partial charge is 0.357 e. The number of carbonyl (C=O) groups is 3. The monoisotopic (exact) mass is 385 g/mol. The van der Waals surface area contributed by atoms with Crippen LogP contribution in [0.25, 0.3) is 0 Å². The van der Waals surface area contributed by atoms with Gasteiger partial charge in [-0.3, -0.25) is 14.5 Å². The molecule has 0 atom stereocenters. The molecule has 8 nitrogen and oxygen atoms in total. The Kier molecular flexibility index (Phi) is 4.95. The van der Waals surface area contributed by atoms with E-state index in [4.69, 9.17) is 0 Å². The number of aromatic nitrogens is 1. The van der Waals surface area contributed by atoms with Crippen LogP contribution in [0.1, 0.15) is 44.9 Å². The summed E-state index contributed by atoms with van der Waals surface area (Å²) in [7, 11) is 1.67. The second-order valence-electron chi connectivity index (χ2n) is 7.97. The molecule has 0 bridgehead atoms. The van der Waals surface area contributed by atoms with E-state index in [0.717, 1.165) is 43.1 Å². The Hall–Kier alpha value is -2.64. The number of rotatable bonds is 4. The number of carbonyl (C=O) groups excluding carboxylic acids is 3. The molecular weight excluding hydrogens is 358 g/mol. The van der Waals surface area contributed by atoms with Crippen LogP contribution in [0, 0.1) is 0 Å². The van der Waals surface area contributed by atoms with Gasteiger partial charge >= 0.3 is 6.03 Å². The molecule has 0 aromatic carbocycles. The fourth-order valence-corrected chi connectivity index (χ4v) is 4.61. The van der Waals surface area contributed by atoms with Crippen molar-refractivity contribution in [3.05, 3.63) is 18.3 Å². The number of nitrogens with one attached hydrogen (secondary N) is 1. The maximum Gasteiger partial charge on any atom is 0.327 e. The summed E-state index contributed by atoms with van der Waals surface area (Å²) >= 11 is 0. The van der Waals surface area contributed by atoms with E-state index in [-0.39, 0.29) is 18.5 Å². The van der Waals surface area contributed by atoms with Gasteiger partial charge in [-0.2, -0.15) is 0 Å². The lowest BCUT2D eigenvalue weighted by atomic mass is 9.81. The molecule has 1 spiro atoms. The molecule has 4 rings (SSSR count). The summed E-state index contributed by atoms with van der Waals surface area (Å²) in [6.45, 7) is 1.75. The van der Waals surface area contributed by atoms with E-state index in [1.165, 1.54) is 17.7 Å². The van der Waals surface area contributed by atoms with E-state index >= 15 is 0 Å². The minimum absolute atomic E-state index is 0.239. The van der Waals surface area contributed by atoms with E-state index in [2.05, 4.69) is 15.2 Å². The number of nitrogens with zero attached hydrogens (tertiary/aromatic N) is 4. The van der Waals surface area contributed by atoms with Crippen LogP contribution in [0.4, 0.5) is 16.3 Å². The number of pyridine rings is 1. The molecule has 2 aliphatic heterocycles. The van der Waals surface area contributed by atoms with Gasteiger partial charge < -0.3 is 15.1 Å². The van der Waals surface area contributed by atoms with Crippen molar-refractivity contribution in [2.24, 2.45) is 0 Å². The number of anilines is 2. The van der Waals surface area contributed by atoms with Gasteiger partial charge in [-0.15, -0.1) is 0 Å². The van der Waals surface area contributed by atoms with Crippen LogP contribution in [-0.2, 0) is 9.59 Å². The third-order valence-corrected chi connectivity index (χ3v) is 6.25. The number of urea groups is 1. The molecule has 1 aliphatic carbocycles. The number of imide groups is 1. The quantitative estimate of drug-likeness (QED) is 0.803. The smallest absolute Gasteiger partial charge is 0.327 e. The molecule has 1 saturated carbocycles. The second-order valence-corrected chi connectivity index (χ2v) is 7.97. The molecule has 8 heteroatoms. The highest BCUT2D eigenvalue weighted by molar-refractivity contribution is 6.10. The Morgan fingerprint density at radius 2 is 1.82 bits per heavy atom. The van der Waals surface area contributed by atoms with Crippen LogP contribution >= 0.6 is 0 Å². The highest BCUT2D eigenvalue weighted by Crippen LogP contribution is 2.39. The predicted octanol–water partition coefficient (Wildman–Crippen LogP) is 2.22. The first-order chi connectivity index (χ1) is 13.5. The minimum atomic E-state index is -0.755. The average molecular weight is 385 g/mol. The Labute approximate surface area is 164 Å². The van der Waals surface area contributed by atoms with E-state index in [1.807, 2.05) is 6.07 Å². The minimum Gasteiger partial charge on any atom is -0.357 e. The SMILES string of the molecule is CN1C(=O)N(CC(=O)Nc2ccc(N3CCCC3)nc2)C(=O)C12CCCCC2. The molecule has 28 heavy (non-hydrogen) atoms. The zero-order chi connectivity index (χ0) is 19.7. The summed E-state index contributed by atoms with van der Waals surface area (Å²) in [5.41, 5.74) is -0.193. The average Bonchev–Trinajstić information content (AvgIpc) is 3.30. The first-order valence-corrected chi connectivity index (χ1v) is 10.1. The van der Waals surface area contributed by atoms with Crippen LogP contribution in [0.15, 0.2) is 18.3 Å². The topological polar surface area (TPSA) is 85.8 Å². The number of likely N-dealkylation sites (N-methyl/N-ethyl adjacent to an activating group) is 1. The van der Waals surface area contributed by atoms with Gasteiger partial charge in [0.2, 0.25) is 5.91 Å². The molecule has 0 unspecified atom stereocenters. The van der Waals surface area contributed by atoms with Gasteiger partial charge in [0.25, 0.3) is 5.91 Å². The molecule has 0 radical (unpaired) electrons. The Bertz CT molecular complexity index is 767. The third kappa shape index (κ3) is 3.21. The van der Waals surface area contributed by atoms with Crippen molar-refractivity contribution in [1.82, 2.24) is 14.8 Å². The zero-order valence-corrected chi connectivity index (χ0v) is 16.3. The molecular formula is C20H27N5O3. The maximum absolute atomic E-state index is 12.9. The summed E-state index contributed by atoms with van der Waals surface area (Å²) < 4.78 is 0. The van der Waals surface area contributed by atoms with Gasteiger partial charge in [-0.05, 0) is 37.8 Å². The molecule has 4 amide bonds. The van der Waals surface area contributed by atoms with E-state index < -0.39 is 11.4 Å². The van der Waals surface area contributed by atoms with Gasteiger partial charge in [0.05, 0.1) is 11.9 Å². The fraction of sp³-hybridized carbons (Fsp3) is 0.600. The van der Waals surface area contributed by atoms with Gasteiger partial charge in [0, 0.05) is 20.1 Å². The lowest BCUT2D eigenvalue weighted by Gasteiger charge is -2.35. The standard InChI is InChI=1S/C20H27N5O3/c1-23-19(28)25(18(27)20(23)9-3-2-4-10-20)14-17(26)22-15-7-8-16(21-13-15)24-11-5-6-12-24/h7-8,13H,2-6,9-12,14H2,1H3,(H,22,26). The van der Waals surface area contributed by atoms with E-state index in [0.29, 0.717) is 18.5 Å². The molecule has 3 fully saturated rings.